The molecule has 0 aliphatic carbocycles. The van der Waals surface area contributed by atoms with Crippen LogP contribution in [0.3, 0.4) is 0 Å². The van der Waals surface area contributed by atoms with Crippen LogP contribution in [-0.4, -0.2) is 5.54 Å². The van der Waals surface area contributed by atoms with Crippen molar-refractivity contribution < 1.29 is 0 Å². The predicted octanol–water partition coefficient (Wildman–Crippen LogP) is 6.51. The summed E-state index contributed by atoms with van der Waals surface area (Å²) in [6.07, 6.45) is 3.38. The van der Waals surface area contributed by atoms with Gasteiger partial charge in [0.2, 0.25) is 0 Å². The van der Waals surface area contributed by atoms with Crippen molar-refractivity contribution in [2.45, 2.75) is 71.8 Å². The first kappa shape index (κ1) is 18.6. The molecule has 130 valence electrons. The molecule has 0 amide bonds. The Balaban J connectivity index is 2.23. The fraction of sp³-hybridized carbons (Fsp3) is 0.478. The third-order valence-electron chi connectivity index (χ3n) is 4.78. The zero-order valence-electron chi connectivity index (χ0n) is 16.2. The van der Waals surface area contributed by atoms with Crippen molar-refractivity contribution in [2.75, 3.05) is 5.32 Å². The van der Waals surface area contributed by atoms with Crippen molar-refractivity contribution in [1.29, 1.82) is 0 Å². The van der Waals surface area contributed by atoms with Crippen LogP contribution in [0.5, 0.6) is 0 Å². The van der Waals surface area contributed by atoms with Crippen LogP contribution < -0.4 is 5.32 Å². The largest absolute Gasteiger partial charge is 0.380 e. The Bertz CT molecular complexity index is 653. The first-order valence-corrected chi connectivity index (χ1v) is 9.17. The molecule has 0 bridgehead atoms. The van der Waals surface area contributed by atoms with Gasteiger partial charge in [0.25, 0.3) is 0 Å². The van der Waals surface area contributed by atoms with E-state index in [-0.39, 0.29) is 11.0 Å². The topological polar surface area (TPSA) is 12.0 Å². The first-order chi connectivity index (χ1) is 11.2. The minimum atomic E-state index is 0.0218. The summed E-state index contributed by atoms with van der Waals surface area (Å²) < 4.78 is 0. The monoisotopic (exact) mass is 323 g/mol. The van der Waals surface area contributed by atoms with Gasteiger partial charge in [-0.05, 0) is 55.7 Å². The third kappa shape index (κ3) is 4.63. The van der Waals surface area contributed by atoms with Crippen LogP contribution in [0.1, 0.15) is 64.2 Å². The zero-order chi connectivity index (χ0) is 17.8. The van der Waals surface area contributed by atoms with E-state index in [2.05, 4.69) is 95.4 Å². The Kier molecular flexibility index (Phi) is 5.74. The van der Waals surface area contributed by atoms with Crippen molar-refractivity contribution in [1.82, 2.24) is 0 Å². The Labute approximate surface area is 148 Å². The molecule has 0 fully saturated rings. The van der Waals surface area contributed by atoms with E-state index in [1.165, 1.54) is 28.8 Å². The third-order valence-corrected chi connectivity index (χ3v) is 4.78. The lowest BCUT2D eigenvalue weighted by Gasteiger charge is -2.37. The van der Waals surface area contributed by atoms with Crippen molar-refractivity contribution in [3.8, 4) is 0 Å². The van der Waals surface area contributed by atoms with Crippen LogP contribution in [-0.2, 0) is 11.8 Å². The van der Waals surface area contributed by atoms with Gasteiger partial charge in [0, 0.05) is 11.2 Å². The van der Waals surface area contributed by atoms with Gasteiger partial charge in [-0.1, -0.05) is 75.7 Å². The van der Waals surface area contributed by atoms with Gasteiger partial charge in [-0.25, -0.2) is 0 Å². The molecular formula is C23H33N. The van der Waals surface area contributed by atoms with Crippen molar-refractivity contribution in [3.05, 3.63) is 65.2 Å². The number of hydrogen-bond acceptors (Lipinski definition) is 1. The lowest BCUT2D eigenvalue weighted by molar-refractivity contribution is 0.372. The molecule has 0 saturated carbocycles. The second-order valence-electron chi connectivity index (χ2n) is 8.29. The summed E-state index contributed by atoms with van der Waals surface area (Å²) in [5.41, 5.74) is 5.65. The average Bonchev–Trinajstić information content (AvgIpc) is 2.51. The highest BCUT2D eigenvalue weighted by atomic mass is 15.0. The SMILES string of the molecule is CCCc1cccc(C)c1NC(C)(C)CC(C)(C)c1ccccc1. The molecule has 0 heterocycles. The highest BCUT2D eigenvalue weighted by molar-refractivity contribution is 5.58. The van der Waals surface area contributed by atoms with Crippen molar-refractivity contribution >= 4 is 5.69 Å². The van der Waals surface area contributed by atoms with Crippen LogP contribution in [0, 0.1) is 6.92 Å². The first-order valence-electron chi connectivity index (χ1n) is 9.17. The number of para-hydroxylation sites is 1. The van der Waals surface area contributed by atoms with Crippen LogP contribution in [0.15, 0.2) is 48.5 Å². The van der Waals surface area contributed by atoms with Crippen LogP contribution in [0.25, 0.3) is 0 Å². The maximum absolute atomic E-state index is 3.87. The summed E-state index contributed by atoms with van der Waals surface area (Å²) in [6.45, 7) is 13.8. The van der Waals surface area contributed by atoms with E-state index in [0.717, 1.165) is 12.8 Å². The van der Waals surface area contributed by atoms with E-state index < -0.39 is 0 Å². The van der Waals surface area contributed by atoms with Crippen molar-refractivity contribution in [3.63, 3.8) is 0 Å². The highest BCUT2D eigenvalue weighted by Gasteiger charge is 2.30. The highest BCUT2D eigenvalue weighted by Crippen LogP contribution is 2.35. The van der Waals surface area contributed by atoms with E-state index in [1.807, 2.05) is 0 Å². The minimum Gasteiger partial charge on any atom is -0.380 e. The fourth-order valence-electron chi connectivity index (χ4n) is 3.86. The number of hydrogen-bond donors (Lipinski definition) is 1. The lowest BCUT2D eigenvalue weighted by Crippen LogP contribution is -2.38. The van der Waals surface area contributed by atoms with Gasteiger partial charge in [0.05, 0.1) is 0 Å². The molecule has 1 heteroatoms. The van der Waals surface area contributed by atoms with E-state index in [9.17, 15) is 0 Å². The number of rotatable bonds is 7. The molecule has 0 radical (unpaired) electrons. The molecule has 0 spiro atoms. The maximum Gasteiger partial charge on any atom is 0.0406 e. The van der Waals surface area contributed by atoms with Gasteiger partial charge < -0.3 is 5.32 Å². The molecule has 2 aromatic carbocycles. The quantitative estimate of drug-likeness (QED) is 0.612. The van der Waals surface area contributed by atoms with Crippen LogP contribution >= 0.6 is 0 Å². The second kappa shape index (κ2) is 7.42. The molecule has 0 atom stereocenters. The molecule has 1 N–H and O–H groups in total. The van der Waals surface area contributed by atoms with E-state index in [0.29, 0.717) is 0 Å². The van der Waals surface area contributed by atoms with Crippen molar-refractivity contribution in [2.24, 2.45) is 0 Å². The zero-order valence-corrected chi connectivity index (χ0v) is 16.2. The summed E-state index contributed by atoms with van der Waals surface area (Å²) >= 11 is 0. The summed E-state index contributed by atoms with van der Waals surface area (Å²) in [7, 11) is 0. The summed E-state index contributed by atoms with van der Waals surface area (Å²) in [5.74, 6) is 0. The Morgan fingerprint density at radius 3 is 2.17 bits per heavy atom. The molecule has 0 aromatic heterocycles. The summed E-state index contributed by atoms with van der Waals surface area (Å²) in [6, 6.07) is 17.5. The summed E-state index contributed by atoms with van der Waals surface area (Å²) in [5, 5.41) is 3.87. The normalized spacial score (nSPS) is 12.2. The molecule has 0 aliphatic rings. The van der Waals surface area contributed by atoms with E-state index >= 15 is 0 Å². The molecule has 24 heavy (non-hydrogen) atoms. The Hall–Kier alpha value is -1.76. The number of nitrogens with one attached hydrogen (secondary N) is 1. The Morgan fingerprint density at radius 2 is 1.54 bits per heavy atom. The summed E-state index contributed by atoms with van der Waals surface area (Å²) in [4.78, 5) is 0. The standard InChI is InChI=1S/C23H33N/c1-7-12-19-14-11-13-18(2)21(19)24-23(5,6)17-22(3,4)20-15-9-8-10-16-20/h8-11,13-16,24H,7,12,17H2,1-6H3. The van der Waals surface area contributed by atoms with Crippen LogP contribution in [0.4, 0.5) is 5.69 Å². The molecule has 0 aliphatic heterocycles. The smallest absolute Gasteiger partial charge is 0.0406 e. The van der Waals surface area contributed by atoms with E-state index in [1.54, 1.807) is 0 Å². The van der Waals surface area contributed by atoms with Gasteiger partial charge in [0.15, 0.2) is 0 Å². The lowest BCUT2D eigenvalue weighted by atomic mass is 9.75. The van der Waals surface area contributed by atoms with Gasteiger partial charge in [-0.3, -0.25) is 0 Å². The molecule has 0 saturated heterocycles. The minimum absolute atomic E-state index is 0.0218. The predicted molar refractivity (Wildman–Crippen MR) is 107 cm³/mol. The molecular weight excluding hydrogens is 290 g/mol. The average molecular weight is 324 g/mol. The van der Waals surface area contributed by atoms with Gasteiger partial charge in [-0.2, -0.15) is 0 Å². The number of anilines is 1. The second-order valence-corrected chi connectivity index (χ2v) is 8.29. The maximum atomic E-state index is 3.87. The van der Waals surface area contributed by atoms with Gasteiger partial charge in [0.1, 0.15) is 0 Å². The fourth-order valence-corrected chi connectivity index (χ4v) is 3.86. The molecule has 2 rings (SSSR count). The number of benzene rings is 2. The molecule has 0 unspecified atom stereocenters. The van der Waals surface area contributed by atoms with E-state index in [4.69, 9.17) is 0 Å². The van der Waals surface area contributed by atoms with Gasteiger partial charge >= 0.3 is 0 Å². The Morgan fingerprint density at radius 1 is 0.875 bits per heavy atom. The van der Waals surface area contributed by atoms with Crippen LogP contribution in [0.2, 0.25) is 0 Å². The molecule has 2 aromatic rings. The van der Waals surface area contributed by atoms with Gasteiger partial charge in [-0.15, -0.1) is 0 Å². The number of aryl methyl sites for hydroxylation is 2. The molecule has 1 nitrogen and oxygen atoms in total.